The molecule has 1 amide bonds. The van der Waals surface area contributed by atoms with Crippen LogP contribution in [0.2, 0.25) is 0 Å². The molecule has 1 aliphatic rings. The van der Waals surface area contributed by atoms with Crippen LogP contribution >= 0.6 is 0 Å². The summed E-state index contributed by atoms with van der Waals surface area (Å²) in [5, 5.41) is 10.3. The molecule has 1 fully saturated rings. The summed E-state index contributed by atoms with van der Waals surface area (Å²) in [7, 11) is 5.37. The Bertz CT molecular complexity index is 1030. The number of aryl methyl sites for hydroxylation is 1. The molecule has 3 rings (SSSR count). The number of benzene rings is 1. The predicted molar refractivity (Wildman–Crippen MR) is 114 cm³/mol. The van der Waals surface area contributed by atoms with Gasteiger partial charge in [0.2, 0.25) is 11.7 Å². The number of para-hydroxylation sites is 1. The van der Waals surface area contributed by atoms with Crippen molar-refractivity contribution in [1.29, 1.82) is 0 Å². The smallest absolute Gasteiger partial charge is 0.296 e. The molecular weight excluding hydrogens is 384 g/mol. The Morgan fingerprint density at radius 2 is 1.97 bits per heavy atom. The summed E-state index contributed by atoms with van der Waals surface area (Å²) >= 11 is 0. The van der Waals surface area contributed by atoms with Crippen molar-refractivity contribution in [3.63, 3.8) is 0 Å². The number of hydrogen-bond acceptors (Lipinski definition) is 6. The summed E-state index contributed by atoms with van der Waals surface area (Å²) in [6.45, 7) is 2.06. The maximum atomic E-state index is 12.9. The van der Waals surface area contributed by atoms with Crippen molar-refractivity contribution >= 4 is 17.4 Å². The van der Waals surface area contributed by atoms with Crippen LogP contribution in [0.3, 0.4) is 0 Å². The van der Waals surface area contributed by atoms with Gasteiger partial charge in [0.1, 0.15) is 5.82 Å². The summed E-state index contributed by atoms with van der Waals surface area (Å²) in [5.74, 6) is -0.803. The molecule has 0 radical (unpaired) electrons. The first-order valence-corrected chi connectivity index (χ1v) is 10.1. The number of aromatic hydroxyl groups is 1. The van der Waals surface area contributed by atoms with Crippen molar-refractivity contribution in [2.24, 2.45) is 7.05 Å². The topological polar surface area (TPSA) is 95.7 Å². The van der Waals surface area contributed by atoms with Crippen LogP contribution in [0.25, 0.3) is 0 Å². The maximum absolute atomic E-state index is 12.9. The van der Waals surface area contributed by atoms with E-state index in [1.165, 1.54) is 18.5 Å². The molecule has 0 saturated carbocycles. The van der Waals surface area contributed by atoms with Crippen LogP contribution in [-0.4, -0.2) is 51.9 Å². The first-order valence-electron chi connectivity index (χ1n) is 10.1. The van der Waals surface area contributed by atoms with Gasteiger partial charge in [-0.3, -0.25) is 19.0 Å². The number of ketones is 1. The minimum absolute atomic E-state index is 0.104. The second kappa shape index (κ2) is 8.69. The highest BCUT2D eigenvalue weighted by molar-refractivity contribution is 5.96. The van der Waals surface area contributed by atoms with E-state index in [0.717, 1.165) is 17.7 Å². The molecular formula is C22H28N4O4. The maximum Gasteiger partial charge on any atom is 0.296 e. The predicted octanol–water partition coefficient (Wildman–Crippen LogP) is 2.05. The van der Waals surface area contributed by atoms with E-state index in [9.17, 15) is 19.5 Å². The number of amides is 1. The highest BCUT2D eigenvalue weighted by Crippen LogP contribution is 2.31. The third-order valence-corrected chi connectivity index (χ3v) is 5.62. The van der Waals surface area contributed by atoms with Gasteiger partial charge in [-0.2, -0.15) is 0 Å². The van der Waals surface area contributed by atoms with Crippen molar-refractivity contribution < 1.29 is 14.7 Å². The Balaban J connectivity index is 1.91. The number of Topliss-reactive ketones (excluding diaryl/α,β-unsaturated/α-hetero) is 1. The zero-order valence-electron chi connectivity index (χ0n) is 17.9. The van der Waals surface area contributed by atoms with E-state index >= 15 is 0 Å². The molecule has 0 aliphatic carbocycles. The van der Waals surface area contributed by atoms with Crippen LogP contribution in [0.15, 0.2) is 29.1 Å². The van der Waals surface area contributed by atoms with Gasteiger partial charge in [-0.1, -0.05) is 18.2 Å². The summed E-state index contributed by atoms with van der Waals surface area (Å²) in [6.07, 6.45) is 2.03. The van der Waals surface area contributed by atoms with E-state index in [1.807, 2.05) is 43.3 Å². The van der Waals surface area contributed by atoms with E-state index in [-0.39, 0.29) is 24.1 Å². The number of anilines is 1. The molecule has 0 spiro atoms. The zero-order chi connectivity index (χ0) is 22.0. The van der Waals surface area contributed by atoms with Crippen molar-refractivity contribution in [2.45, 2.75) is 38.6 Å². The van der Waals surface area contributed by atoms with E-state index in [2.05, 4.69) is 4.98 Å². The third-order valence-electron chi connectivity index (χ3n) is 5.62. The van der Waals surface area contributed by atoms with Crippen LogP contribution in [0.4, 0.5) is 5.69 Å². The van der Waals surface area contributed by atoms with Crippen LogP contribution in [0.1, 0.15) is 54.1 Å². The number of aromatic nitrogens is 2. The van der Waals surface area contributed by atoms with E-state index in [4.69, 9.17) is 0 Å². The molecule has 8 heteroatoms. The molecule has 2 aromatic rings. The lowest BCUT2D eigenvalue weighted by molar-refractivity contribution is -0.129. The Labute approximate surface area is 175 Å². The Kier molecular flexibility index (Phi) is 6.24. The number of likely N-dealkylation sites (tertiary alicyclic amines) is 1. The van der Waals surface area contributed by atoms with Crippen LogP contribution in [0.5, 0.6) is 5.75 Å². The SMILES string of the molecule is CC(=O)N1CCCC1c1nc(C(=O)CCc2ccccc2N(C)C)c(O)c(=O)n1C. The summed E-state index contributed by atoms with van der Waals surface area (Å²) < 4.78 is 1.24. The normalized spacial score (nSPS) is 16.0. The van der Waals surface area contributed by atoms with E-state index in [1.54, 1.807) is 4.90 Å². The average molecular weight is 412 g/mol. The summed E-state index contributed by atoms with van der Waals surface area (Å²) in [5.41, 5.74) is 1.12. The standard InChI is InChI=1S/C22H28N4O4/c1-14(27)26-13-7-10-17(26)21-23-19(20(29)22(30)25(21)4)18(28)12-11-15-8-5-6-9-16(15)24(2)3/h5-6,8-9,17,29H,7,10-13H2,1-4H3. The second-order valence-electron chi connectivity index (χ2n) is 7.85. The number of hydrogen-bond donors (Lipinski definition) is 1. The number of carbonyl (C=O) groups excluding carboxylic acids is 2. The lowest BCUT2D eigenvalue weighted by atomic mass is 10.0. The van der Waals surface area contributed by atoms with E-state index in [0.29, 0.717) is 25.2 Å². The van der Waals surface area contributed by atoms with Gasteiger partial charge < -0.3 is 14.9 Å². The quantitative estimate of drug-likeness (QED) is 0.730. The molecule has 1 unspecified atom stereocenters. The molecule has 1 saturated heterocycles. The van der Waals surface area contributed by atoms with Crippen molar-refractivity contribution in [1.82, 2.24) is 14.5 Å². The molecule has 1 aliphatic heterocycles. The van der Waals surface area contributed by atoms with Crippen molar-refractivity contribution in [3.8, 4) is 5.75 Å². The van der Waals surface area contributed by atoms with Gasteiger partial charge in [-0.05, 0) is 30.9 Å². The molecule has 1 aromatic carbocycles. The minimum Gasteiger partial charge on any atom is -0.501 e. The molecule has 1 aromatic heterocycles. The van der Waals surface area contributed by atoms with Crippen molar-refractivity contribution in [3.05, 3.63) is 51.7 Å². The van der Waals surface area contributed by atoms with Gasteiger partial charge in [0.25, 0.3) is 5.56 Å². The Morgan fingerprint density at radius 1 is 1.27 bits per heavy atom. The van der Waals surface area contributed by atoms with Gasteiger partial charge in [-0.25, -0.2) is 4.98 Å². The first kappa shape index (κ1) is 21.5. The van der Waals surface area contributed by atoms with Crippen LogP contribution < -0.4 is 10.5 Å². The van der Waals surface area contributed by atoms with E-state index < -0.39 is 17.1 Å². The monoisotopic (exact) mass is 412 g/mol. The zero-order valence-corrected chi connectivity index (χ0v) is 17.9. The second-order valence-corrected chi connectivity index (χ2v) is 7.85. The first-order chi connectivity index (χ1) is 14.2. The molecule has 1 N–H and O–H groups in total. The number of rotatable bonds is 6. The lowest BCUT2D eigenvalue weighted by Crippen LogP contribution is -2.34. The molecule has 0 bridgehead atoms. The highest BCUT2D eigenvalue weighted by atomic mass is 16.3. The largest absolute Gasteiger partial charge is 0.501 e. The van der Waals surface area contributed by atoms with Crippen molar-refractivity contribution in [2.75, 3.05) is 25.5 Å². The summed E-state index contributed by atoms with van der Waals surface area (Å²) in [6, 6.07) is 7.40. The van der Waals surface area contributed by atoms with Crippen LogP contribution in [0, 0.1) is 0 Å². The van der Waals surface area contributed by atoms with Crippen LogP contribution in [-0.2, 0) is 18.3 Å². The van der Waals surface area contributed by atoms with Gasteiger partial charge in [0.05, 0.1) is 6.04 Å². The Hall–Kier alpha value is -3.16. The molecule has 1 atom stereocenters. The molecule has 2 heterocycles. The lowest BCUT2D eigenvalue weighted by Gasteiger charge is -2.24. The Morgan fingerprint density at radius 3 is 2.63 bits per heavy atom. The highest BCUT2D eigenvalue weighted by Gasteiger charge is 2.32. The van der Waals surface area contributed by atoms with Gasteiger partial charge in [-0.15, -0.1) is 0 Å². The fourth-order valence-electron chi connectivity index (χ4n) is 4.04. The third kappa shape index (κ3) is 4.08. The minimum atomic E-state index is -0.674. The molecule has 8 nitrogen and oxygen atoms in total. The summed E-state index contributed by atoms with van der Waals surface area (Å²) in [4.78, 5) is 45.4. The average Bonchev–Trinajstić information content (AvgIpc) is 3.20. The number of carbonyl (C=O) groups is 2. The fraction of sp³-hybridized carbons (Fsp3) is 0.455. The fourth-order valence-corrected chi connectivity index (χ4v) is 4.04. The van der Waals surface area contributed by atoms with Gasteiger partial charge in [0, 0.05) is 46.7 Å². The van der Waals surface area contributed by atoms with Gasteiger partial charge >= 0.3 is 0 Å². The van der Waals surface area contributed by atoms with Gasteiger partial charge in [0.15, 0.2) is 11.5 Å². The molecule has 30 heavy (non-hydrogen) atoms. The molecule has 160 valence electrons. The number of nitrogens with zero attached hydrogens (tertiary/aromatic N) is 4.